The van der Waals surface area contributed by atoms with E-state index in [9.17, 15) is 8.42 Å². The lowest BCUT2D eigenvalue weighted by Crippen LogP contribution is -2.35. The highest BCUT2D eigenvalue weighted by molar-refractivity contribution is 7.89. The van der Waals surface area contributed by atoms with Crippen LogP contribution in [0.5, 0.6) is 28.7 Å². The van der Waals surface area contributed by atoms with Crippen LogP contribution in [-0.2, 0) is 16.6 Å². The van der Waals surface area contributed by atoms with Crippen LogP contribution < -0.4 is 33.7 Å². The van der Waals surface area contributed by atoms with Crippen molar-refractivity contribution in [3.63, 3.8) is 0 Å². The molecular formula is C20H27N3O7S. The van der Waals surface area contributed by atoms with Gasteiger partial charge in [0, 0.05) is 11.8 Å². The minimum absolute atomic E-state index is 0.0310. The van der Waals surface area contributed by atoms with Gasteiger partial charge in [-0.15, -0.1) is 0 Å². The molecule has 2 rings (SSSR count). The van der Waals surface area contributed by atoms with Gasteiger partial charge in [0.05, 0.1) is 48.3 Å². The third-order valence-corrected chi connectivity index (χ3v) is 4.64. The second-order valence-corrected chi connectivity index (χ2v) is 8.02. The molecule has 0 radical (unpaired) electrons. The summed E-state index contributed by atoms with van der Waals surface area (Å²) in [5, 5.41) is 2.95. The number of benzene rings is 2. The number of methoxy groups -OCH3 is 5. The molecule has 0 saturated heterocycles. The van der Waals surface area contributed by atoms with E-state index in [-0.39, 0.29) is 12.5 Å². The Kier molecular flexibility index (Phi) is 8.20. The molecule has 2 aromatic rings. The first kappa shape index (κ1) is 23.9. The maximum Gasteiger partial charge on any atom is 0.232 e. The molecule has 0 unspecified atom stereocenters. The Hall–Kier alpha value is -3.34. The first-order valence-electron chi connectivity index (χ1n) is 9.04. The first-order chi connectivity index (χ1) is 14.7. The molecule has 2 aromatic carbocycles. The molecular weight excluding hydrogens is 426 g/mol. The summed E-state index contributed by atoms with van der Waals surface area (Å²) >= 11 is 0. The van der Waals surface area contributed by atoms with Crippen LogP contribution in [0.4, 0.5) is 5.69 Å². The third kappa shape index (κ3) is 6.57. The monoisotopic (exact) mass is 453 g/mol. The molecule has 170 valence electrons. The predicted molar refractivity (Wildman–Crippen MR) is 118 cm³/mol. The van der Waals surface area contributed by atoms with Crippen molar-refractivity contribution < 1.29 is 32.1 Å². The molecule has 0 heterocycles. The molecule has 0 amide bonds. The van der Waals surface area contributed by atoms with Gasteiger partial charge >= 0.3 is 0 Å². The number of anilines is 1. The van der Waals surface area contributed by atoms with Crippen molar-refractivity contribution >= 4 is 21.7 Å². The van der Waals surface area contributed by atoms with Gasteiger partial charge < -0.3 is 29.0 Å². The van der Waals surface area contributed by atoms with Crippen LogP contribution in [0.2, 0.25) is 0 Å². The van der Waals surface area contributed by atoms with Gasteiger partial charge in [-0.25, -0.2) is 13.4 Å². The molecule has 0 aliphatic rings. The third-order valence-electron chi connectivity index (χ3n) is 4.07. The van der Waals surface area contributed by atoms with E-state index >= 15 is 0 Å². The van der Waals surface area contributed by atoms with Gasteiger partial charge in [0.1, 0.15) is 0 Å². The number of nitrogens with one attached hydrogen (secondary N) is 2. The van der Waals surface area contributed by atoms with Crippen molar-refractivity contribution in [3.05, 3.63) is 35.9 Å². The van der Waals surface area contributed by atoms with E-state index in [4.69, 9.17) is 23.7 Å². The smallest absolute Gasteiger partial charge is 0.232 e. The second kappa shape index (κ2) is 10.6. The number of hydrogen-bond acceptors (Lipinski definition) is 8. The van der Waals surface area contributed by atoms with Gasteiger partial charge in [0.25, 0.3) is 0 Å². The summed E-state index contributed by atoms with van der Waals surface area (Å²) in [5.41, 5.74) is 1.27. The summed E-state index contributed by atoms with van der Waals surface area (Å²) < 4.78 is 52.5. The normalized spacial score (nSPS) is 11.5. The van der Waals surface area contributed by atoms with E-state index in [0.29, 0.717) is 34.4 Å². The molecule has 0 aromatic heterocycles. The molecule has 0 fully saturated rings. The highest BCUT2D eigenvalue weighted by Crippen LogP contribution is 2.38. The molecule has 0 atom stereocenters. The highest BCUT2D eigenvalue weighted by atomic mass is 32.2. The molecule has 0 saturated carbocycles. The number of aliphatic imine (C=N–C) groups is 1. The molecule has 0 aliphatic heterocycles. The van der Waals surface area contributed by atoms with E-state index in [0.717, 1.165) is 11.8 Å². The molecule has 2 N–H and O–H groups in total. The standard InChI is InChI=1S/C20H27N3O7S/c1-26-15-8-7-14(11-16(15)27-2)22-20(23-31(6,24)25)21-12-13-9-17(28-3)19(30-5)18(10-13)29-4/h7-11H,12H2,1-6H3,(H2,21,22,23). The average molecular weight is 454 g/mol. The van der Waals surface area contributed by atoms with Crippen molar-refractivity contribution in [2.45, 2.75) is 6.54 Å². The molecule has 10 nitrogen and oxygen atoms in total. The van der Waals surface area contributed by atoms with E-state index in [1.54, 1.807) is 30.3 Å². The van der Waals surface area contributed by atoms with Crippen molar-refractivity contribution in [1.29, 1.82) is 0 Å². The number of nitrogens with zero attached hydrogens (tertiary/aromatic N) is 1. The number of sulfonamides is 1. The quantitative estimate of drug-likeness (QED) is 0.439. The molecule has 0 aliphatic carbocycles. The van der Waals surface area contributed by atoms with Gasteiger partial charge in [0.2, 0.25) is 21.7 Å². The summed E-state index contributed by atoms with van der Waals surface area (Å²) in [6.45, 7) is 0.134. The fourth-order valence-corrected chi connectivity index (χ4v) is 3.19. The van der Waals surface area contributed by atoms with Crippen LogP contribution in [0.25, 0.3) is 0 Å². The maximum atomic E-state index is 11.8. The SMILES string of the molecule is COc1ccc(NC(=NCc2cc(OC)c(OC)c(OC)c2)NS(C)(=O)=O)cc1OC. The van der Waals surface area contributed by atoms with Gasteiger partial charge in [-0.05, 0) is 29.8 Å². The van der Waals surface area contributed by atoms with Gasteiger partial charge in [-0.3, -0.25) is 4.72 Å². The second-order valence-electron chi connectivity index (χ2n) is 6.27. The van der Waals surface area contributed by atoms with Crippen LogP contribution >= 0.6 is 0 Å². The summed E-state index contributed by atoms with van der Waals surface area (Å²) in [4.78, 5) is 4.37. The van der Waals surface area contributed by atoms with Gasteiger partial charge in [-0.2, -0.15) is 0 Å². The number of rotatable bonds is 9. The number of guanidine groups is 1. The Bertz CT molecular complexity index is 1010. The lowest BCUT2D eigenvalue weighted by Gasteiger charge is -2.15. The lowest BCUT2D eigenvalue weighted by molar-refractivity contribution is 0.324. The van der Waals surface area contributed by atoms with Crippen molar-refractivity contribution in [3.8, 4) is 28.7 Å². The summed E-state index contributed by atoms with van der Waals surface area (Å²) in [7, 11) is 4.00. The highest BCUT2D eigenvalue weighted by Gasteiger charge is 2.14. The Morgan fingerprint density at radius 1 is 0.839 bits per heavy atom. The zero-order valence-electron chi connectivity index (χ0n) is 18.3. The molecule has 11 heteroatoms. The molecule has 0 spiro atoms. The minimum Gasteiger partial charge on any atom is -0.493 e. The predicted octanol–water partition coefficient (Wildman–Crippen LogP) is 2.25. The minimum atomic E-state index is -3.58. The van der Waals surface area contributed by atoms with E-state index in [2.05, 4.69) is 15.0 Å². The largest absolute Gasteiger partial charge is 0.493 e. The van der Waals surface area contributed by atoms with Crippen LogP contribution in [0.3, 0.4) is 0 Å². The Balaban J connectivity index is 2.36. The fraction of sp³-hybridized carbons (Fsp3) is 0.350. The zero-order valence-corrected chi connectivity index (χ0v) is 19.1. The Labute approximate surface area is 182 Å². The number of ether oxygens (including phenoxy) is 5. The average Bonchev–Trinajstić information content (AvgIpc) is 2.75. The van der Waals surface area contributed by atoms with E-state index < -0.39 is 10.0 Å². The lowest BCUT2D eigenvalue weighted by atomic mass is 10.2. The zero-order chi connectivity index (χ0) is 23.0. The van der Waals surface area contributed by atoms with Crippen LogP contribution in [-0.4, -0.2) is 56.2 Å². The molecule has 0 bridgehead atoms. The topological polar surface area (TPSA) is 117 Å². The van der Waals surface area contributed by atoms with Gasteiger partial charge in [-0.1, -0.05) is 0 Å². The number of hydrogen-bond donors (Lipinski definition) is 2. The van der Waals surface area contributed by atoms with Gasteiger partial charge in [0.15, 0.2) is 23.0 Å². The Morgan fingerprint density at radius 3 is 1.90 bits per heavy atom. The fourth-order valence-electron chi connectivity index (χ4n) is 2.72. The van der Waals surface area contributed by atoms with Crippen LogP contribution in [0.1, 0.15) is 5.56 Å². The van der Waals surface area contributed by atoms with Crippen LogP contribution in [0, 0.1) is 0 Å². The van der Waals surface area contributed by atoms with Crippen molar-refractivity contribution in [1.82, 2.24) is 4.72 Å². The van der Waals surface area contributed by atoms with E-state index in [1.807, 2.05) is 0 Å². The first-order valence-corrected chi connectivity index (χ1v) is 10.9. The Morgan fingerprint density at radius 2 is 1.42 bits per heavy atom. The van der Waals surface area contributed by atoms with Crippen molar-refractivity contribution in [2.24, 2.45) is 4.99 Å². The molecule has 31 heavy (non-hydrogen) atoms. The maximum absolute atomic E-state index is 11.8. The summed E-state index contributed by atoms with van der Waals surface area (Å²) in [6, 6.07) is 8.54. The summed E-state index contributed by atoms with van der Waals surface area (Å²) in [6.07, 6.45) is 1.04. The summed E-state index contributed by atoms with van der Waals surface area (Å²) in [5.74, 6) is 2.45. The van der Waals surface area contributed by atoms with Crippen LogP contribution in [0.15, 0.2) is 35.3 Å². The van der Waals surface area contributed by atoms with Crippen molar-refractivity contribution in [2.75, 3.05) is 47.1 Å². The van der Waals surface area contributed by atoms with E-state index in [1.165, 1.54) is 35.5 Å².